The molecule has 1 aliphatic heterocycles. The predicted molar refractivity (Wildman–Crippen MR) is 81.9 cm³/mol. The Morgan fingerprint density at radius 3 is 2.43 bits per heavy atom. The minimum Gasteiger partial charge on any atom is -0.490 e. The number of hydrogen-bond acceptors (Lipinski definition) is 4. The Morgan fingerprint density at radius 1 is 1.10 bits per heavy atom. The van der Waals surface area contributed by atoms with Crippen molar-refractivity contribution in [2.24, 2.45) is 17.6 Å². The summed E-state index contributed by atoms with van der Waals surface area (Å²) in [5.41, 5.74) is 6.84. The van der Waals surface area contributed by atoms with Crippen LogP contribution in [0.4, 0.5) is 0 Å². The zero-order chi connectivity index (χ0) is 14.8. The second kappa shape index (κ2) is 6.14. The van der Waals surface area contributed by atoms with Crippen LogP contribution in [0.5, 0.6) is 17.2 Å². The van der Waals surface area contributed by atoms with Gasteiger partial charge in [0.05, 0.1) is 6.10 Å². The highest BCUT2D eigenvalue weighted by molar-refractivity contribution is 5.52. The molecule has 2 atom stereocenters. The van der Waals surface area contributed by atoms with Gasteiger partial charge in [-0.15, -0.1) is 0 Å². The van der Waals surface area contributed by atoms with Crippen LogP contribution < -0.4 is 19.9 Å². The number of rotatable bonds is 4. The Bertz CT molecular complexity index is 493. The van der Waals surface area contributed by atoms with Crippen LogP contribution in [0.1, 0.15) is 38.7 Å². The zero-order valence-electron chi connectivity index (χ0n) is 12.9. The summed E-state index contributed by atoms with van der Waals surface area (Å²) in [5, 5.41) is 0. The summed E-state index contributed by atoms with van der Waals surface area (Å²) < 4.78 is 17.2. The van der Waals surface area contributed by atoms with E-state index in [1.165, 1.54) is 6.42 Å². The molecule has 0 saturated heterocycles. The van der Waals surface area contributed by atoms with E-state index in [1.54, 1.807) is 0 Å². The molecule has 2 N–H and O–H groups in total. The number of nitrogens with two attached hydrogens (primary N) is 1. The lowest BCUT2D eigenvalue weighted by Gasteiger charge is -2.32. The topological polar surface area (TPSA) is 53.7 Å². The Hall–Kier alpha value is -1.42. The van der Waals surface area contributed by atoms with E-state index in [0.717, 1.165) is 53.9 Å². The summed E-state index contributed by atoms with van der Waals surface area (Å²) in [6.45, 7) is 5.52. The monoisotopic (exact) mass is 291 g/mol. The first-order valence-electron chi connectivity index (χ1n) is 7.95. The van der Waals surface area contributed by atoms with E-state index >= 15 is 0 Å². The molecule has 0 spiro atoms. The normalized spacial score (nSPS) is 27.7. The van der Waals surface area contributed by atoms with E-state index < -0.39 is 0 Å². The van der Waals surface area contributed by atoms with Crippen molar-refractivity contribution in [1.29, 1.82) is 0 Å². The molecule has 116 valence electrons. The first-order valence-corrected chi connectivity index (χ1v) is 7.95. The van der Waals surface area contributed by atoms with Crippen molar-refractivity contribution in [3.63, 3.8) is 0 Å². The minimum atomic E-state index is 0.290. The summed E-state index contributed by atoms with van der Waals surface area (Å²) in [6.07, 6.45) is 4.64. The largest absolute Gasteiger partial charge is 0.490 e. The Kier molecular flexibility index (Phi) is 4.24. The molecule has 4 nitrogen and oxygen atoms in total. The average Bonchev–Trinajstić information content (AvgIpc) is 2.85. The number of hydrogen-bond donors (Lipinski definition) is 1. The van der Waals surface area contributed by atoms with Crippen molar-refractivity contribution in [3.8, 4) is 17.2 Å². The summed E-state index contributed by atoms with van der Waals surface area (Å²) in [4.78, 5) is 0. The summed E-state index contributed by atoms with van der Waals surface area (Å²) in [5.74, 6) is 3.95. The first-order chi connectivity index (χ1) is 10.2. The molecular formula is C17H25NO3. The molecule has 0 amide bonds. The molecule has 1 fully saturated rings. The molecule has 1 saturated carbocycles. The van der Waals surface area contributed by atoms with Crippen molar-refractivity contribution >= 4 is 0 Å². The molecule has 1 aromatic carbocycles. The van der Waals surface area contributed by atoms with Gasteiger partial charge in [0.25, 0.3) is 0 Å². The maximum Gasteiger partial charge on any atom is 0.231 e. The van der Waals surface area contributed by atoms with Crippen LogP contribution in [-0.2, 0) is 6.42 Å². The van der Waals surface area contributed by atoms with E-state index in [1.807, 2.05) is 12.1 Å². The van der Waals surface area contributed by atoms with Crippen LogP contribution in [-0.4, -0.2) is 19.4 Å². The number of ether oxygens (including phenoxy) is 3. The molecule has 21 heavy (non-hydrogen) atoms. The van der Waals surface area contributed by atoms with Crippen LogP contribution in [0, 0.1) is 11.8 Å². The van der Waals surface area contributed by atoms with E-state index in [9.17, 15) is 0 Å². The number of benzene rings is 1. The lowest BCUT2D eigenvalue weighted by atomic mass is 9.82. The maximum absolute atomic E-state index is 6.31. The second-order valence-electron chi connectivity index (χ2n) is 6.51. The van der Waals surface area contributed by atoms with E-state index in [0.29, 0.717) is 19.4 Å². The van der Waals surface area contributed by atoms with Gasteiger partial charge in [-0.3, -0.25) is 0 Å². The summed E-state index contributed by atoms with van der Waals surface area (Å²) >= 11 is 0. The van der Waals surface area contributed by atoms with Gasteiger partial charge in [-0.1, -0.05) is 13.8 Å². The fourth-order valence-electron chi connectivity index (χ4n) is 3.57. The molecule has 4 heteroatoms. The SMILES string of the molecule is CC1CC(C)CC(Oc2cc3c(cc2CCN)OCO3)C1. The van der Waals surface area contributed by atoms with Gasteiger partial charge in [-0.2, -0.15) is 0 Å². The zero-order valence-corrected chi connectivity index (χ0v) is 12.9. The Labute approximate surface area is 126 Å². The highest BCUT2D eigenvalue weighted by Crippen LogP contribution is 2.40. The molecule has 2 aliphatic rings. The van der Waals surface area contributed by atoms with Gasteiger partial charge in [0.15, 0.2) is 11.5 Å². The van der Waals surface area contributed by atoms with Gasteiger partial charge >= 0.3 is 0 Å². The molecule has 0 aromatic heterocycles. The van der Waals surface area contributed by atoms with Crippen LogP contribution in [0.3, 0.4) is 0 Å². The van der Waals surface area contributed by atoms with E-state index in [2.05, 4.69) is 13.8 Å². The lowest BCUT2D eigenvalue weighted by molar-refractivity contribution is 0.0998. The fraction of sp³-hybridized carbons (Fsp3) is 0.647. The predicted octanol–water partition coefficient (Wildman–Crippen LogP) is 3.12. The standard InChI is InChI=1S/C17H25NO3/c1-11-5-12(2)7-14(6-11)21-15-9-17-16(19-10-20-17)8-13(15)3-4-18/h8-9,11-12,14H,3-7,10,18H2,1-2H3. The molecule has 1 aliphatic carbocycles. The molecule has 3 rings (SSSR count). The molecule has 2 unspecified atom stereocenters. The minimum absolute atomic E-state index is 0.290. The first kappa shape index (κ1) is 14.5. The van der Waals surface area contributed by atoms with Crippen molar-refractivity contribution < 1.29 is 14.2 Å². The van der Waals surface area contributed by atoms with Crippen molar-refractivity contribution in [1.82, 2.24) is 0 Å². The third-order valence-corrected chi connectivity index (χ3v) is 4.40. The third kappa shape index (κ3) is 3.26. The van der Waals surface area contributed by atoms with Gasteiger partial charge in [-0.25, -0.2) is 0 Å². The Balaban J connectivity index is 1.80. The average molecular weight is 291 g/mol. The highest BCUT2D eigenvalue weighted by Gasteiger charge is 2.27. The van der Waals surface area contributed by atoms with Crippen molar-refractivity contribution in [2.45, 2.75) is 45.6 Å². The van der Waals surface area contributed by atoms with Gasteiger partial charge < -0.3 is 19.9 Å². The van der Waals surface area contributed by atoms with Gasteiger partial charge in [0.2, 0.25) is 6.79 Å². The van der Waals surface area contributed by atoms with Gasteiger partial charge in [0.1, 0.15) is 5.75 Å². The molecule has 0 bridgehead atoms. The second-order valence-corrected chi connectivity index (χ2v) is 6.51. The molecule has 0 radical (unpaired) electrons. The van der Waals surface area contributed by atoms with E-state index in [4.69, 9.17) is 19.9 Å². The third-order valence-electron chi connectivity index (χ3n) is 4.40. The summed E-state index contributed by atoms with van der Waals surface area (Å²) in [6, 6.07) is 3.98. The van der Waals surface area contributed by atoms with Crippen LogP contribution in [0.2, 0.25) is 0 Å². The fourth-order valence-corrected chi connectivity index (χ4v) is 3.57. The smallest absolute Gasteiger partial charge is 0.231 e. The number of fused-ring (bicyclic) bond motifs is 1. The molecule has 1 heterocycles. The van der Waals surface area contributed by atoms with Crippen LogP contribution in [0.15, 0.2) is 12.1 Å². The molecule has 1 aromatic rings. The van der Waals surface area contributed by atoms with Gasteiger partial charge in [0, 0.05) is 6.07 Å². The lowest BCUT2D eigenvalue weighted by Crippen LogP contribution is -2.28. The quantitative estimate of drug-likeness (QED) is 0.926. The van der Waals surface area contributed by atoms with Crippen molar-refractivity contribution in [2.75, 3.05) is 13.3 Å². The molecular weight excluding hydrogens is 266 g/mol. The Morgan fingerprint density at radius 2 is 1.76 bits per heavy atom. The maximum atomic E-state index is 6.31. The van der Waals surface area contributed by atoms with Gasteiger partial charge in [-0.05, 0) is 55.7 Å². The van der Waals surface area contributed by atoms with Crippen LogP contribution >= 0.6 is 0 Å². The summed E-state index contributed by atoms with van der Waals surface area (Å²) in [7, 11) is 0. The van der Waals surface area contributed by atoms with E-state index in [-0.39, 0.29) is 0 Å². The van der Waals surface area contributed by atoms with Crippen LogP contribution in [0.25, 0.3) is 0 Å². The highest BCUT2D eigenvalue weighted by atomic mass is 16.7. The van der Waals surface area contributed by atoms with Crippen molar-refractivity contribution in [3.05, 3.63) is 17.7 Å².